The summed E-state index contributed by atoms with van der Waals surface area (Å²) in [6.45, 7) is 5.32. The molecule has 7 heteroatoms. The van der Waals surface area contributed by atoms with Crippen molar-refractivity contribution >= 4 is 27.5 Å². The molecule has 0 atom stereocenters. The van der Waals surface area contributed by atoms with Crippen LogP contribution in [0.1, 0.15) is 5.56 Å². The van der Waals surface area contributed by atoms with E-state index in [9.17, 15) is 18.5 Å². The van der Waals surface area contributed by atoms with E-state index < -0.39 is 14.7 Å². The summed E-state index contributed by atoms with van der Waals surface area (Å²) in [6.07, 6.45) is 1.22. The lowest BCUT2D eigenvalue weighted by Gasteiger charge is -2.13. The maximum Gasteiger partial charge on any atom is 0.241 e. The molecular weight excluding hydrogens is 308 g/mol. The number of rotatable bonds is 3. The van der Waals surface area contributed by atoms with E-state index in [1.165, 1.54) is 18.3 Å². The van der Waals surface area contributed by atoms with Crippen LogP contribution in [0.25, 0.3) is 0 Å². The van der Waals surface area contributed by atoms with Crippen LogP contribution in [0.4, 0.5) is 0 Å². The first-order chi connectivity index (χ1) is 9.91. The van der Waals surface area contributed by atoms with Gasteiger partial charge in [0.25, 0.3) is 0 Å². The van der Waals surface area contributed by atoms with Crippen molar-refractivity contribution in [3.8, 4) is 6.07 Å². The highest BCUT2D eigenvalue weighted by Crippen LogP contribution is 2.35. The number of benzene rings is 1. The molecule has 1 aliphatic heterocycles. The van der Waals surface area contributed by atoms with E-state index in [1.807, 2.05) is 6.92 Å². The largest absolute Gasteiger partial charge is 0.280 e. The first kappa shape index (κ1) is 15.4. The zero-order chi connectivity index (χ0) is 15.6. The van der Waals surface area contributed by atoms with E-state index >= 15 is 0 Å². The fraction of sp³-hybridized carbons (Fsp3) is 0.143. The van der Waals surface area contributed by atoms with Crippen LogP contribution in [0.5, 0.6) is 0 Å². The van der Waals surface area contributed by atoms with E-state index in [2.05, 4.69) is 6.58 Å². The molecule has 0 aromatic heterocycles. The second-order valence-corrected chi connectivity index (χ2v) is 7.15. The summed E-state index contributed by atoms with van der Waals surface area (Å²) in [5.74, 6) is -0.201. The van der Waals surface area contributed by atoms with Crippen LogP contribution in [-0.4, -0.2) is 25.0 Å². The van der Waals surface area contributed by atoms with E-state index in [1.54, 1.807) is 18.2 Å². The molecule has 0 N–H and O–H groups in total. The molecule has 108 valence electrons. The summed E-state index contributed by atoms with van der Waals surface area (Å²) in [4.78, 5) is 12.3. The third kappa shape index (κ3) is 2.73. The molecule has 21 heavy (non-hydrogen) atoms. The van der Waals surface area contributed by atoms with E-state index in [-0.39, 0.29) is 21.6 Å². The molecule has 0 saturated carbocycles. The van der Waals surface area contributed by atoms with Crippen molar-refractivity contribution in [2.75, 3.05) is 5.75 Å². The number of allylic oxidation sites excluding steroid dienone is 1. The van der Waals surface area contributed by atoms with Crippen molar-refractivity contribution in [1.29, 1.82) is 5.26 Å². The lowest BCUT2D eigenvalue weighted by molar-refractivity contribution is -0.123. The molecule has 1 aromatic rings. The molecule has 1 heterocycles. The molecule has 1 fully saturated rings. The van der Waals surface area contributed by atoms with Crippen molar-refractivity contribution in [2.45, 2.75) is 11.8 Å². The SMILES string of the molecule is C=CN1C(=O)CS/C1=C(/C#N)S(=O)(=O)c1ccc(C)cc1. The Balaban J connectivity index is 2.61. The molecule has 5 nitrogen and oxygen atoms in total. The molecular formula is C14H12N2O3S2. The van der Waals surface area contributed by atoms with Crippen LogP contribution in [-0.2, 0) is 14.6 Å². The highest BCUT2D eigenvalue weighted by Gasteiger charge is 2.33. The van der Waals surface area contributed by atoms with Crippen LogP contribution in [0.3, 0.4) is 0 Å². The Labute approximate surface area is 127 Å². The maximum absolute atomic E-state index is 12.6. The predicted molar refractivity (Wildman–Crippen MR) is 80.5 cm³/mol. The lowest BCUT2D eigenvalue weighted by atomic mass is 10.2. The van der Waals surface area contributed by atoms with Crippen LogP contribution in [0, 0.1) is 18.3 Å². The average Bonchev–Trinajstić information content (AvgIpc) is 2.80. The third-order valence-electron chi connectivity index (χ3n) is 2.90. The number of nitriles is 1. The second kappa shape index (κ2) is 5.76. The van der Waals surface area contributed by atoms with E-state index in [0.717, 1.165) is 22.2 Å². The second-order valence-electron chi connectivity index (χ2n) is 4.30. The minimum absolute atomic E-state index is 0.0288. The number of carbonyl (C=O) groups excluding carboxylic acids is 1. The molecule has 1 aromatic carbocycles. The summed E-state index contributed by atoms with van der Waals surface area (Å²) in [5.41, 5.74) is 0.915. The number of carbonyl (C=O) groups is 1. The summed E-state index contributed by atoms with van der Waals surface area (Å²) in [5, 5.41) is 9.37. The van der Waals surface area contributed by atoms with Gasteiger partial charge < -0.3 is 0 Å². The molecule has 0 spiro atoms. The van der Waals surface area contributed by atoms with Gasteiger partial charge in [0, 0.05) is 6.20 Å². The highest BCUT2D eigenvalue weighted by atomic mass is 32.2. The summed E-state index contributed by atoms with van der Waals surface area (Å²) in [6, 6.07) is 7.92. The quantitative estimate of drug-likeness (QED) is 0.798. The monoisotopic (exact) mass is 320 g/mol. The Hall–Kier alpha value is -2.04. The van der Waals surface area contributed by atoms with Crippen LogP contribution >= 0.6 is 11.8 Å². The number of amides is 1. The van der Waals surface area contributed by atoms with Gasteiger partial charge in [-0.25, -0.2) is 8.42 Å². The van der Waals surface area contributed by atoms with Gasteiger partial charge in [-0.15, -0.1) is 0 Å². The smallest absolute Gasteiger partial charge is 0.241 e. The van der Waals surface area contributed by atoms with Gasteiger partial charge >= 0.3 is 0 Å². The van der Waals surface area contributed by atoms with E-state index in [4.69, 9.17) is 0 Å². The van der Waals surface area contributed by atoms with Gasteiger partial charge in [-0.05, 0) is 19.1 Å². The summed E-state index contributed by atoms with van der Waals surface area (Å²) >= 11 is 1.02. The van der Waals surface area contributed by atoms with Crippen LogP contribution in [0.2, 0.25) is 0 Å². The molecule has 0 bridgehead atoms. The first-order valence-electron chi connectivity index (χ1n) is 5.95. The summed E-state index contributed by atoms with van der Waals surface area (Å²) < 4.78 is 25.1. The fourth-order valence-corrected chi connectivity index (χ4v) is 4.38. The molecule has 0 radical (unpaired) electrons. The van der Waals surface area contributed by atoms with Gasteiger partial charge in [0.1, 0.15) is 11.1 Å². The van der Waals surface area contributed by atoms with Gasteiger partial charge in [0.05, 0.1) is 10.6 Å². The molecule has 1 amide bonds. The van der Waals surface area contributed by atoms with Crippen molar-refractivity contribution in [3.05, 3.63) is 52.5 Å². The summed E-state index contributed by atoms with van der Waals surface area (Å²) in [7, 11) is -3.96. The van der Waals surface area contributed by atoms with Crippen molar-refractivity contribution in [3.63, 3.8) is 0 Å². The van der Waals surface area contributed by atoms with Crippen molar-refractivity contribution in [1.82, 2.24) is 4.90 Å². The van der Waals surface area contributed by atoms with E-state index in [0.29, 0.717) is 0 Å². The van der Waals surface area contributed by atoms with Crippen molar-refractivity contribution < 1.29 is 13.2 Å². The molecule has 0 aliphatic carbocycles. The number of hydrogen-bond acceptors (Lipinski definition) is 5. The number of hydrogen-bond donors (Lipinski definition) is 0. The molecule has 0 unspecified atom stereocenters. The minimum Gasteiger partial charge on any atom is -0.280 e. The zero-order valence-electron chi connectivity index (χ0n) is 11.2. The fourth-order valence-electron chi connectivity index (χ4n) is 1.80. The Morgan fingerprint density at radius 3 is 2.57 bits per heavy atom. The molecule has 2 rings (SSSR count). The number of thioether (sulfide) groups is 1. The van der Waals surface area contributed by atoms with Gasteiger partial charge in [0.15, 0.2) is 4.91 Å². The number of nitrogens with zero attached hydrogens (tertiary/aromatic N) is 2. The Morgan fingerprint density at radius 1 is 1.43 bits per heavy atom. The lowest BCUT2D eigenvalue weighted by Crippen LogP contribution is -2.20. The highest BCUT2D eigenvalue weighted by molar-refractivity contribution is 8.05. The predicted octanol–water partition coefficient (Wildman–Crippen LogP) is 2.18. The number of sulfone groups is 1. The Bertz CT molecular complexity index is 771. The van der Waals surface area contributed by atoms with Crippen LogP contribution in [0.15, 0.2) is 51.9 Å². The molecule has 1 aliphatic rings. The van der Waals surface area contributed by atoms with Gasteiger partial charge in [-0.2, -0.15) is 5.26 Å². The van der Waals surface area contributed by atoms with Gasteiger partial charge in [0.2, 0.25) is 15.7 Å². The standard InChI is InChI=1S/C14H12N2O3S2/c1-3-16-13(17)9-20-14(16)12(8-15)21(18,19)11-6-4-10(2)5-7-11/h3-7H,1,9H2,2H3/b14-12-. The number of aryl methyl sites for hydroxylation is 1. The first-order valence-corrected chi connectivity index (χ1v) is 8.42. The Morgan fingerprint density at radius 2 is 2.05 bits per heavy atom. The normalized spacial score (nSPS) is 17.5. The maximum atomic E-state index is 12.6. The average molecular weight is 320 g/mol. The van der Waals surface area contributed by atoms with Gasteiger partial charge in [-0.1, -0.05) is 36.0 Å². The van der Waals surface area contributed by atoms with Crippen LogP contribution < -0.4 is 0 Å². The zero-order valence-corrected chi connectivity index (χ0v) is 12.9. The topological polar surface area (TPSA) is 78.2 Å². The minimum atomic E-state index is -3.96. The third-order valence-corrected chi connectivity index (χ3v) is 5.81. The molecule has 1 saturated heterocycles. The van der Waals surface area contributed by atoms with Gasteiger partial charge in [-0.3, -0.25) is 9.69 Å². The van der Waals surface area contributed by atoms with Crippen molar-refractivity contribution in [2.24, 2.45) is 0 Å². The Kier molecular flexibility index (Phi) is 4.21.